The second kappa shape index (κ2) is 6.43. The van der Waals surface area contributed by atoms with E-state index in [4.69, 9.17) is 5.73 Å². The molecule has 0 unspecified atom stereocenters. The molecular weight excluding hydrogens is 224 g/mol. The number of unbranched alkanes of at least 4 members (excludes halogenated alkanes) is 1. The Morgan fingerprint density at radius 2 is 1.89 bits per heavy atom. The summed E-state index contributed by atoms with van der Waals surface area (Å²) in [6, 6.07) is 7.15. The number of hydrogen-bond acceptors (Lipinski definition) is 2. The maximum absolute atomic E-state index is 11.8. The molecule has 0 saturated carbocycles. The Morgan fingerprint density at radius 1 is 1.22 bits per heavy atom. The molecule has 18 heavy (non-hydrogen) atoms. The topological polar surface area (TPSA) is 55.1 Å². The van der Waals surface area contributed by atoms with E-state index in [9.17, 15) is 4.79 Å². The molecule has 0 aromatic heterocycles. The standard InChI is InChI=1S/C15H24N2O/c1-15(2,3)10-6-7-11-17-14(18)12-8-4-5-9-13(12)16/h4-5,8-9H,6-7,10-11,16H2,1-3H3,(H,17,18). The van der Waals surface area contributed by atoms with Gasteiger partial charge in [-0.25, -0.2) is 0 Å². The molecule has 3 nitrogen and oxygen atoms in total. The number of amides is 1. The zero-order valence-electron chi connectivity index (χ0n) is 11.6. The largest absolute Gasteiger partial charge is 0.398 e. The molecule has 3 heteroatoms. The first-order chi connectivity index (χ1) is 8.40. The van der Waals surface area contributed by atoms with Gasteiger partial charge < -0.3 is 11.1 Å². The van der Waals surface area contributed by atoms with E-state index in [1.54, 1.807) is 12.1 Å². The van der Waals surface area contributed by atoms with Gasteiger partial charge in [-0.05, 0) is 30.4 Å². The molecule has 1 amide bonds. The van der Waals surface area contributed by atoms with Crippen LogP contribution >= 0.6 is 0 Å². The normalized spacial score (nSPS) is 11.3. The lowest BCUT2D eigenvalue weighted by atomic mass is 9.90. The summed E-state index contributed by atoms with van der Waals surface area (Å²) in [7, 11) is 0. The molecule has 0 aliphatic heterocycles. The molecule has 1 aromatic carbocycles. The van der Waals surface area contributed by atoms with E-state index < -0.39 is 0 Å². The van der Waals surface area contributed by atoms with Crippen molar-refractivity contribution in [2.45, 2.75) is 40.0 Å². The van der Waals surface area contributed by atoms with E-state index in [2.05, 4.69) is 26.1 Å². The monoisotopic (exact) mass is 248 g/mol. The summed E-state index contributed by atoms with van der Waals surface area (Å²) in [5, 5.41) is 2.91. The molecule has 0 radical (unpaired) electrons. The van der Waals surface area contributed by atoms with Crippen LogP contribution in [0.5, 0.6) is 0 Å². The Morgan fingerprint density at radius 3 is 2.50 bits per heavy atom. The molecule has 0 fully saturated rings. The van der Waals surface area contributed by atoms with Crippen LogP contribution in [0, 0.1) is 5.41 Å². The zero-order chi connectivity index (χ0) is 13.6. The van der Waals surface area contributed by atoms with Gasteiger partial charge in [-0.3, -0.25) is 4.79 Å². The van der Waals surface area contributed by atoms with Crippen LogP contribution < -0.4 is 11.1 Å². The fraction of sp³-hybridized carbons (Fsp3) is 0.533. The Hall–Kier alpha value is -1.51. The summed E-state index contributed by atoms with van der Waals surface area (Å²) < 4.78 is 0. The van der Waals surface area contributed by atoms with Crippen molar-refractivity contribution in [1.29, 1.82) is 0 Å². The van der Waals surface area contributed by atoms with Crippen molar-refractivity contribution in [3.8, 4) is 0 Å². The highest BCUT2D eigenvalue weighted by Crippen LogP contribution is 2.21. The number of benzene rings is 1. The molecule has 0 atom stereocenters. The van der Waals surface area contributed by atoms with Crippen LogP contribution in [0.3, 0.4) is 0 Å². The van der Waals surface area contributed by atoms with Crippen molar-refractivity contribution in [2.75, 3.05) is 12.3 Å². The molecule has 3 N–H and O–H groups in total. The van der Waals surface area contributed by atoms with E-state index >= 15 is 0 Å². The van der Waals surface area contributed by atoms with Crippen LogP contribution in [0.15, 0.2) is 24.3 Å². The number of hydrogen-bond donors (Lipinski definition) is 2. The molecule has 0 aliphatic carbocycles. The number of anilines is 1. The fourth-order valence-corrected chi connectivity index (χ4v) is 1.78. The van der Waals surface area contributed by atoms with E-state index in [0.717, 1.165) is 12.8 Å². The van der Waals surface area contributed by atoms with Gasteiger partial charge in [-0.1, -0.05) is 39.3 Å². The summed E-state index contributed by atoms with van der Waals surface area (Å²) in [5.74, 6) is -0.0798. The van der Waals surface area contributed by atoms with Crippen LogP contribution in [-0.4, -0.2) is 12.5 Å². The second-order valence-electron chi connectivity index (χ2n) is 5.86. The van der Waals surface area contributed by atoms with Crippen LogP contribution in [0.1, 0.15) is 50.4 Å². The number of nitrogens with two attached hydrogens (primary N) is 1. The maximum atomic E-state index is 11.8. The highest BCUT2D eigenvalue weighted by atomic mass is 16.1. The number of nitrogen functional groups attached to an aromatic ring is 1. The van der Waals surface area contributed by atoms with Gasteiger partial charge in [0.15, 0.2) is 0 Å². The molecule has 100 valence electrons. The zero-order valence-corrected chi connectivity index (χ0v) is 11.6. The lowest BCUT2D eigenvalue weighted by Gasteiger charge is -2.17. The molecule has 1 rings (SSSR count). The third-order valence-corrected chi connectivity index (χ3v) is 2.84. The molecular formula is C15H24N2O. The van der Waals surface area contributed by atoms with Gasteiger partial charge in [0.2, 0.25) is 0 Å². The Labute approximate surface area is 110 Å². The van der Waals surface area contributed by atoms with E-state index in [1.165, 1.54) is 6.42 Å². The molecule has 0 bridgehead atoms. The molecule has 0 saturated heterocycles. The number of para-hydroxylation sites is 1. The van der Waals surface area contributed by atoms with Gasteiger partial charge in [-0.15, -0.1) is 0 Å². The predicted octanol–water partition coefficient (Wildman–Crippen LogP) is 3.22. The minimum Gasteiger partial charge on any atom is -0.398 e. The third kappa shape index (κ3) is 5.21. The maximum Gasteiger partial charge on any atom is 0.253 e. The van der Waals surface area contributed by atoms with Crippen molar-refractivity contribution in [3.63, 3.8) is 0 Å². The lowest BCUT2D eigenvalue weighted by molar-refractivity contribution is 0.0953. The fourth-order valence-electron chi connectivity index (χ4n) is 1.78. The quantitative estimate of drug-likeness (QED) is 0.621. The minimum absolute atomic E-state index is 0.0798. The molecule has 0 spiro atoms. The smallest absolute Gasteiger partial charge is 0.253 e. The first-order valence-corrected chi connectivity index (χ1v) is 6.53. The minimum atomic E-state index is -0.0798. The highest BCUT2D eigenvalue weighted by Gasteiger charge is 2.10. The summed E-state index contributed by atoms with van der Waals surface area (Å²) in [4.78, 5) is 11.8. The van der Waals surface area contributed by atoms with Crippen LogP contribution in [0.25, 0.3) is 0 Å². The van der Waals surface area contributed by atoms with Crippen molar-refractivity contribution in [3.05, 3.63) is 29.8 Å². The molecule has 0 heterocycles. The molecule has 0 aliphatic rings. The van der Waals surface area contributed by atoms with E-state index in [0.29, 0.717) is 23.2 Å². The van der Waals surface area contributed by atoms with Gasteiger partial charge in [0.1, 0.15) is 0 Å². The summed E-state index contributed by atoms with van der Waals surface area (Å²) in [6.45, 7) is 7.41. The van der Waals surface area contributed by atoms with Gasteiger partial charge in [0.05, 0.1) is 5.56 Å². The Bertz CT molecular complexity index is 394. The van der Waals surface area contributed by atoms with Crippen LogP contribution in [0.2, 0.25) is 0 Å². The number of carbonyl (C=O) groups is 1. The number of nitrogens with one attached hydrogen (secondary N) is 1. The van der Waals surface area contributed by atoms with Crippen molar-refractivity contribution in [1.82, 2.24) is 5.32 Å². The Kier molecular flexibility index (Phi) is 5.20. The van der Waals surface area contributed by atoms with Crippen LogP contribution in [-0.2, 0) is 0 Å². The van der Waals surface area contributed by atoms with Gasteiger partial charge in [-0.2, -0.15) is 0 Å². The summed E-state index contributed by atoms with van der Waals surface area (Å²) in [5.41, 5.74) is 7.21. The lowest BCUT2D eigenvalue weighted by Crippen LogP contribution is -2.25. The second-order valence-corrected chi connectivity index (χ2v) is 5.86. The van der Waals surface area contributed by atoms with Crippen molar-refractivity contribution >= 4 is 11.6 Å². The Balaban J connectivity index is 2.28. The van der Waals surface area contributed by atoms with E-state index in [-0.39, 0.29) is 5.91 Å². The highest BCUT2D eigenvalue weighted by molar-refractivity contribution is 5.98. The average molecular weight is 248 g/mol. The van der Waals surface area contributed by atoms with Crippen LogP contribution in [0.4, 0.5) is 5.69 Å². The average Bonchev–Trinajstić information content (AvgIpc) is 2.27. The van der Waals surface area contributed by atoms with Gasteiger partial charge >= 0.3 is 0 Å². The van der Waals surface area contributed by atoms with Gasteiger partial charge in [0, 0.05) is 12.2 Å². The number of carbonyl (C=O) groups excluding carboxylic acids is 1. The first-order valence-electron chi connectivity index (χ1n) is 6.53. The molecule has 1 aromatic rings. The van der Waals surface area contributed by atoms with Gasteiger partial charge in [0.25, 0.3) is 5.91 Å². The van der Waals surface area contributed by atoms with Crippen molar-refractivity contribution in [2.24, 2.45) is 5.41 Å². The summed E-state index contributed by atoms with van der Waals surface area (Å²) in [6.07, 6.45) is 3.32. The first kappa shape index (κ1) is 14.6. The van der Waals surface area contributed by atoms with E-state index in [1.807, 2.05) is 12.1 Å². The SMILES string of the molecule is CC(C)(C)CCCCNC(=O)c1ccccc1N. The predicted molar refractivity (Wildman–Crippen MR) is 76.5 cm³/mol. The third-order valence-electron chi connectivity index (χ3n) is 2.84. The number of rotatable bonds is 5. The van der Waals surface area contributed by atoms with Crippen molar-refractivity contribution < 1.29 is 4.79 Å². The summed E-state index contributed by atoms with van der Waals surface area (Å²) >= 11 is 0.